The van der Waals surface area contributed by atoms with Crippen molar-refractivity contribution in [2.45, 2.75) is 25.9 Å². The lowest BCUT2D eigenvalue weighted by Gasteiger charge is -2.13. The Morgan fingerprint density at radius 3 is 2.63 bits per heavy atom. The number of urea groups is 1. The van der Waals surface area contributed by atoms with E-state index in [2.05, 4.69) is 10.6 Å². The Morgan fingerprint density at radius 2 is 2.16 bits per heavy atom. The molecule has 1 heterocycles. The van der Waals surface area contributed by atoms with Crippen molar-refractivity contribution in [1.29, 1.82) is 0 Å². The zero-order valence-corrected chi connectivity index (χ0v) is 11.1. The lowest BCUT2D eigenvalue weighted by Crippen LogP contribution is -2.47. The normalized spacial score (nSPS) is 11.6. The lowest BCUT2D eigenvalue weighted by molar-refractivity contribution is -0.140. The molecular weight excluding hydrogens is 270 g/mol. The minimum absolute atomic E-state index is 0.304. The minimum atomic E-state index is -1.32. The molecule has 0 aliphatic carbocycles. The van der Waals surface area contributed by atoms with Crippen LogP contribution >= 0.6 is 11.3 Å². The van der Waals surface area contributed by atoms with E-state index in [9.17, 15) is 14.4 Å². The van der Waals surface area contributed by atoms with Crippen LogP contribution in [0.15, 0.2) is 11.4 Å². The van der Waals surface area contributed by atoms with Gasteiger partial charge in [-0.05, 0) is 23.9 Å². The van der Waals surface area contributed by atoms with Crippen LogP contribution in [0.1, 0.15) is 16.9 Å². The Morgan fingerprint density at radius 1 is 1.47 bits per heavy atom. The molecule has 0 spiro atoms. The topological polar surface area (TPSA) is 122 Å². The summed E-state index contributed by atoms with van der Waals surface area (Å²) in [5.41, 5.74) is 5.96. The van der Waals surface area contributed by atoms with Gasteiger partial charge in [0.2, 0.25) is 5.91 Å². The fourth-order valence-corrected chi connectivity index (χ4v) is 2.20. The molecule has 0 unspecified atom stereocenters. The van der Waals surface area contributed by atoms with E-state index in [1.54, 1.807) is 0 Å². The molecule has 0 bridgehead atoms. The third-order valence-electron chi connectivity index (χ3n) is 2.39. The average molecular weight is 285 g/mol. The highest BCUT2D eigenvalue weighted by Crippen LogP contribution is 2.14. The zero-order chi connectivity index (χ0) is 14.4. The van der Waals surface area contributed by atoms with E-state index in [4.69, 9.17) is 10.8 Å². The summed E-state index contributed by atoms with van der Waals surface area (Å²) in [7, 11) is 0. The van der Waals surface area contributed by atoms with Gasteiger partial charge in [-0.2, -0.15) is 0 Å². The summed E-state index contributed by atoms with van der Waals surface area (Å²) >= 11 is 1.49. The number of aliphatic carboxylic acids is 1. The maximum atomic E-state index is 11.5. The molecule has 104 valence electrons. The Bertz CT molecular complexity index is 486. The van der Waals surface area contributed by atoms with E-state index in [0.717, 1.165) is 10.4 Å². The molecule has 1 aromatic rings. The van der Waals surface area contributed by atoms with Crippen molar-refractivity contribution < 1.29 is 19.5 Å². The Balaban J connectivity index is 2.47. The largest absolute Gasteiger partial charge is 0.480 e. The molecule has 0 radical (unpaired) electrons. The van der Waals surface area contributed by atoms with E-state index < -0.39 is 30.4 Å². The van der Waals surface area contributed by atoms with Gasteiger partial charge in [-0.3, -0.25) is 4.79 Å². The molecule has 8 heteroatoms. The number of carbonyl (C=O) groups is 3. The number of aryl methyl sites for hydroxylation is 1. The number of rotatable bonds is 6. The number of nitrogens with two attached hydrogens (primary N) is 1. The van der Waals surface area contributed by atoms with Crippen molar-refractivity contribution in [2.24, 2.45) is 5.73 Å². The van der Waals surface area contributed by atoms with E-state index >= 15 is 0 Å². The molecule has 0 aliphatic rings. The predicted octanol–water partition coefficient (Wildman–Crippen LogP) is 0.184. The molecule has 0 saturated heterocycles. The molecule has 0 aromatic carbocycles. The summed E-state index contributed by atoms with van der Waals surface area (Å²) in [5, 5.41) is 15.4. The van der Waals surface area contributed by atoms with Crippen LogP contribution < -0.4 is 16.4 Å². The molecule has 5 N–H and O–H groups in total. The molecule has 1 aromatic heterocycles. The maximum Gasteiger partial charge on any atom is 0.326 e. The van der Waals surface area contributed by atoms with Gasteiger partial charge in [0.1, 0.15) is 6.04 Å². The minimum Gasteiger partial charge on any atom is -0.480 e. The van der Waals surface area contributed by atoms with Crippen molar-refractivity contribution in [2.75, 3.05) is 0 Å². The average Bonchev–Trinajstić information content (AvgIpc) is 2.70. The molecule has 7 nitrogen and oxygen atoms in total. The van der Waals surface area contributed by atoms with E-state index in [-0.39, 0.29) is 0 Å². The number of nitrogens with one attached hydrogen (secondary N) is 2. The van der Waals surface area contributed by atoms with Crippen molar-refractivity contribution in [3.05, 3.63) is 21.9 Å². The number of primary amides is 1. The summed E-state index contributed by atoms with van der Waals surface area (Å²) in [6, 6.07) is -0.0458. The smallest absolute Gasteiger partial charge is 0.326 e. The van der Waals surface area contributed by atoms with Crippen molar-refractivity contribution in [3.8, 4) is 0 Å². The number of carbonyl (C=O) groups excluding carboxylic acids is 2. The van der Waals surface area contributed by atoms with Crippen LogP contribution in [0.4, 0.5) is 4.79 Å². The van der Waals surface area contributed by atoms with Gasteiger partial charge in [0.15, 0.2) is 0 Å². The SMILES string of the molecule is Cc1ccsc1CNC(=O)N[C@@H](CC(N)=O)C(=O)O. The van der Waals surface area contributed by atoms with Gasteiger partial charge in [0, 0.05) is 4.88 Å². The van der Waals surface area contributed by atoms with Crippen LogP contribution in [0.5, 0.6) is 0 Å². The molecule has 1 rings (SSSR count). The monoisotopic (exact) mass is 285 g/mol. The molecular formula is C11H15N3O4S. The molecule has 0 saturated carbocycles. The quantitative estimate of drug-likeness (QED) is 0.595. The molecule has 1 atom stereocenters. The highest BCUT2D eigenvalue weighted by atomic mass is 32.1. The molecule has 0 fully saturated rings. The standard InChI is InChI=1S/C11H15N3O4S/c1-6-2-3-19-8(6)5-13-11(18)14-7(10(16)17)4-9(12)15/h2-3,7H,4-5H2,1H3,(H2,12,15)(H,16,17)(H2,13,14,18)/t7-/m0/s1. The van der Waals surface area contributed by atoms with Crippen LogP contribution in [0.25, 0.3) is 0 Å². The third kappa shape index (κ3) is 4.96. The number of hydrogen-bond acceptors (Lipinski definition) is 4. The summed E-state index contributed by atoms with van der Waals surface area (Å²) in [6.45, 7) is 2.22. The van der Waals surface area contributed by atoms with Crippen molar-refractivity contribution in [3.63, 3.8) is 0 Å². The van der Waals surface area contributed by atoms with Gasteiger partial charge in [0.25, 0.3) is 0 Å². The molecule has 0 aliphatic heterocycles. The van der Waals surface area contributed by atoms with Gasteiger partial charge in [0.05, 0.1) is 13.0 Å². The first-order valence-electron chi connectivity index (χ1n) is 5.48. The van der Waals surface area contributed by atoms with Crippen LogP contribution in [0.2, 0.25) is 0 Å². The zero-order valence-electron chi connectivity index (χ0n) is 10.3. The van der Waals surface area contributed by atoms with Gasteiger partial charge < -0.3 is 21.5 Å². The molecule has 3 amide bonds. The number of thiophene rings is 1. The summed E-state index contributed by atoms with van der Waals surface area (Å²) in [4.78, 5) is 34.0. The summed E-state index contributed by atoms with van der Waals surface area (Å²) < 4.78 is 0. The van der Waals surface area contributed by atoms with Crippen molar-refractivity contribution in [1.82, 2.24) is 10.6 Å². The summed E-state index contributed by atoms with van der Waals surface area (Å²) in [5.74, 6) is -2.09. The number of carboxylic acid groups (broad SMARTS) is 1. The highest BCUT2D eigenvalue weighted by Gasteiger charge is 2.21. The predicted molar refractivity (Wildman–Crippen MR) is 69.7 cm³/mol. The number of carboxylic acids is 1. The number of amides is 3. The van der Waals surface area contributed by atoms with Gasteiger partial charge in [-0.25, -0.2) is 9.59 Å². The van der Waals surface area contributed by atoms with E-state index in [1.807, 2.05) is 18.4 Å². The maximum absolute atomic E-state index is 11.5. The van der Waals surface area contributed by atoms with Crippen LogP contribution in [-0.2, 0) is 16.1 Å². The van der Waals surface area contributed by atoms with E-state index in [0.29, 0.717) is 6.54 Å². The van der Waals surface area contributed by atoms with Crippen LogP contribution in [0, 0.1) is 6.92 Å². The second kappa shape index (κ2) is 6.74. The Kier molecular flexibility index (Phi) is 5.31. The Hall–Kier alpha value is -2.09. The molecule has 19 heavy (non-hydrogen) atoms. The first kappa shape index (κ1) is 15.0. The van der Waals surface area contributed by atoms with Crippen molar-refractivity contribution >= 4 is 29.2 Å². The second-order valence-electron chi connectivity index (χ2n) is 3.92. The first-order valence-corrected chi connectivity index (χ1v) is 6.36. The van der Waals surface area contributed by atoms with E-state index in [1.165, 1.54) is 11.3 Å². The second-order valence-corrected chi connectivity index (χ2v) is 4.92. The van der Waals surface area contributed by atoms with Gasteiger partial charge in [-0.1, -0.05) is 0 Å². The Labute approximate surface area is 113 Å². The lowest BCUT2D eigenvalue weighted by atomic mass is 10.2. The first-order chi connectivity index (χ1) is 8.90. The summed E-state index contributed by atoms with van der Waals surface area (Å²) in [6.07, 6.45) is -0.444. The fraction of sp³-hybridized carbons (Fsp3) is 0.364. The highest BCUT2D eigenvalue weighted by molar-refractivity contribution is 7.10. The number of hydrogen-bond donors (Lipinski definition) is 4. The van der Waals surface area contributed by atoms with Gasteiger partial charge in [-0.15, -0.1) is 11.3 Å². The van der Waals surface area contributed by atoms with Gasteiger partial charge >= 0.3 is 12.0 Å². The van der Waals surface area contributed by atoms with Crippen LogP contribution in [-0.4, -0.2) is 29.1 Å². The third-order valence-corrected chi connectivity index (χ3v) is 3.41. The van der Waals surface area contributed by atoms with Crippen LogP contribution in [0.3, 0.4) is 0 Å². The fourth-order valence-electron chi connectivity index (χ4n) is 1.36.